The van der Waals surface area contributed by atoms with E-state index in [2.05, 4.69) is 20.3 Å². The molecule has 2 rings (SSSR count). The van der Waals surface area contributed by atoms with Gasteiger partial charge in [0.05, 0.1) is 19.3 Å². The van der Waals surface area contributed by atoms with Crippen molar-refractivity contribution in [3.8, 4) is 6.01 Å². The molecule has 0 atom stereocenters. The summed E-state index contributed by atoms with van der Waals surface area (Å²) in [4.78, 5) is 12.4. The molecule has 1 fully saturated rings. The standard InChI is InChI=1S/C13H21N5O/c1-19-13-15-8-7-11(18-13)9-16-12(14)17-10-5-3-2-4-6-10/h7-8,10H,2-6,9H2,1H3,(H3,14,16,17). The summed E-state index contributed by atoms with van der Waals surface area (Å²) in [6, 6.07) is 2.63. The van der Waals surface area contributed by atoms with E-state index in [0.29, 0.717) is 24.6 Å². The van der Waals surface area contributed by atoms with Crippen LogP contribution in [-0.4, -0.2) is 29.1 Å². The van der Waals surface area contributed by atoms with E-state index in [0.717, 1.165) is 5.69 Å². The first-order valence-corrected chi connectivity index (χ1v) is 6.70. The van der Waals surface area contributed by atoms with Crippen molar-refractivity contribution in [2.45, 2.75) is 44.7 Å². The van der Waals surface area contributed by atoms with Crippen molar-refractivity contribution in [1.82, 2.24) is 15.3 Å². The van der Waals surface area contributed by atoms with Gasteiger partial charge in [0.1, 0.15) is 0 Å². The second kappa shape index (κ2) is 6.92. The Hall–Kier alpha value is -1.85. The maximum Gasteiger partial charge on any atom is 0.316 e. The van der Waals surface area contributed by atoms with Crippen LogP contribution in [0.4, 0.5) is 0 Å². The fourth-order valence-corrected chi connectivity index (χ4v) is 2.23. The smallest absolute Gasteiger partial charge is 0.316 e. The number of nitrogens with zero attached hydrogens (tertiary/aromatic N) is 3. The fourth-order valence-electron chi connectivity index (χ4n) is 2.23. The number of rotatable bonds is 4. The number of aromatic nitrogens is 2. The normalized spacial score (nSPS) is 17.2. The van der Waals surface area contributed by atoms with Gasteiger partial charge in [-0.05, 0) is 18.9 Å². The van der Waals surface area contributed by atoms with Crippen molar-refractivity contribution in [1.29, 1.82) is 0 Å². The first-order chi connectivity index (χ1) is 9.28. The van der Waals surface area contributed by atoms with E-state index >= 15 is 0 Å². The highest BCUT2D eigenvalue weighted by Crippen LogP contribution is 2.17. The van der Waals surface area contributed by atoms with E-state index in [1.165, 1.54) is 32.1 Å². The quantitative estimate of drug-likeness (QED) is 0.630. The zero-order valence-corrected chi connectivity index (χ0v) is 11.3. The predicted molar refractivity (Wildman–Crippen MR) is 73.9 cm³/mol. The van der Waals surface area contributed by atoms with Gasteiger partial charge in [-0.3, -0.25) is 0 Å². The number of aliphatic imine (C=N–C) groups is 1. The molecule has 0 amide bonds. The van der Waals surface area contributed by atoms with Crippen LogP contribution >= 0.6 is 0 Å². The zero-order chi connectivity index (χ0) is 13.5. The topological polar surface area (TPSA) is 85.4 Å². The summed E-state index contributed by atoms with van der Waals surface area (Å²) in [7, 11) is 1.54. The summed E-state index contributed by atoms with van der Waals surface area (Å²) in [6.45, 7) is 0.435. The lowest BCUT2D eigenvalue weighted by Crippen LogP contribution is -2.41. The molecule has 0 bridgehead atoms. The lowest BCUT2D eigenvalue weighted by molar-refractivity contribution is 0.378. The van der Waals surface area contributed by atoms with E-state index < -0.39 is 0 Å². The lowest BCUT2D eigenvalue weighted by Gasteiger charge is -2.23. The second-order valence-corrected chi connectivity index (χ2v) is 4.72. The van der Waals surface area contributed by atoms with Crippen molar-refractivity contribution in [2.75, 3.05) is 7.11 Å². The molecule has 104 valence electrons. The van der Waals surface area contributed by atoms with Crippen LogP contribution in [0.1, 0.15) is 37.8 Å². The number of ether oxygens (including phenoxy) is 1. The van der Waals surface area contributed by atoms with E-state index in [1.54, 1.807) is 19.4 Å². The molecule has 6 heteroatoms. The first-order valence-electron chi connectivity index (χ1n) is 6.70. The molecule has 1 aromatic heterocycles. The Bertz CT molecular complexity index is 429. The summed E-state index contributed by atoms with van der Waals surface area (Å²) >= 11 is 0. The third-order valence-corrected chi connectivity index (χ3v) is 3.24. The van der Waals surface area contributed by atoms with Crippen LogP contribution in [0.3, 0.4) is 0 Å². The maximum absolute atomic E-state index is 5.89. The molecule has 1 aliphatic carbocycles. The van der Waals surface area contributed by atoms with Gasteiger partial charge in [-0.1, -0.05) is 19.3 Å². The molecule has 0 unspecified atom stereocenters. The minimum Gasteiger partial charge on any atom is -0.467 e. The summed E-state index contributed by atoms with van der Waals surface area (Å²) in [6.07, 6.45) is 7.88. The highest BCUT2D eigenvalue weighted by Gasteiger charge is 2.13. The van der Waals surface area contributed by atoms with Crippen LogP contribution in [0.15, 0.2) is 17.3 Å². The van der Waals surface area contributed by atoms with Gasteiger partial charge in [-0.25, -0.2) is 9.98 Å². The molecule has 1 saturated carbocycles. The number of hydrogen-bond donors (Lipinski definition) is 2. The molecule has 0 aliphatic heterocycles. The van der Waals surface area contributed by atoms with Crippen LogP contribution < -0.4 is 15.8 Å². The lowest BCUT2D eigenvalue weighted by atomic mass is 9.96. The van der Waals surface area contributed by atoms with Crippen molar-refractivity contribution >= 4 is 5.96 Å². The van der Waals surface area contributed by atoms with Crippen molar-refractivity contribution in [3.63, 3.8) is 0 Å². The zero-order valence-electron chi connectivity index (χ0n) is 11.3. The number of hydrogen-bond acceptors (Lipinski definition) is 4. The molecule has 0 radical (unpaired) electrons. The van der Waals surface area contributed by atoms with Crippen LogP contribution in [0.25, 0.3) is 0 Å². The Morgan fingerprint density at radius 2 is 2.26 bits per heavy atom. The first kappa shape index (κ1) is 13.6. The predicted octanol–water partition coefficient (Wildman–Crippen LogP) is 1.22. The monoisotopic (exact) mass is 263 g/mol. The second-order valence-electron chi connectivity index (χ2n) is 4.72. The Labute approximate surface area is 113 Å². The van der Waals surface area contributed by atoms with Gasteiger partial charge in [-0.2, -0.15) is 4.98 Å². The van der Waals surface area contributed by atoms with Crippen molar-refractivity contribution in [3.05, 3.63) is 18.0 Å². The molecule has 1 aliphatic rings. The molecular formula is C13H21N5O. The Balaban J connectivity index is 1.86. The van der Waals surface area contributed by atoms with E-state index in [-0.39, 0.29) is 0 Å². The van der Waals surface area contributed by atoms with Gasteiger partial charge < -0.3 is 15.8 Å². The molecule has 1 heterocycles. The number of nitrogens with two attached hydrogens (primary N) is 1. The van der Waals surface area contributed by atoms with Crippen LogP contribution in [0.5, 0.6) is 6.01 Å². The summed E-state index contributed by atoms with van der Waals surface area (Å²) < 4.78 is 4.97. The molecule has 3 N–H and O–H groups in total. The highest BCUT2D eigenvalue weighted by atomic mass is 16.5. The van der Waals surface area contributed by atoms with Crippen molar-refractivity contribution in [2.24, 2.45) is 10.7 Å². The average molecular weight is 263 g/mol. The minimum atomic E-state index is 0.353. The molecule has 19 heavy (non-hydrogen) atoms. The van der Waals surface area contributed by atoms with E-state index in [1.807, 2.05) is 0 Å². The largest absolute Gasteiger partial charge is 0.467 e. The Morgan fingerprint density at radius 3 is 3.00 bits per heavy atom. The SMILES string of the molecule is COc1nccc(CN=C(N)NC2CCCCC2)n1. The van der Waals surface area contributed by atoms with Gasteiger partial charge >= 0.3 is 6.01 Å². The molecule has 0 spiro atoms. The molecular weight excluding hydrogens is 242 g/mol. The highest BCUT2D eigenvalue weighted by molar-refractivity contribution is 5.78. The van der Waals surface area contributed by atoms with Gasteiger partial charge in [0.15, 0.2) is 5.96 Å². The summed E-state index contributed by atoms with van der Waals surface area (Å²) in [5, 5.41) is 3.27. The third kappa shape index (κ3) is 4.39. The van der Waals surface area contributed by atoms with Gasteiger partial charge in [-0.15, -0.1) is 0 Å². The van der Waals surface area contributed by atoms with Gasteiger partial charge in [0, 0.05) is 12.2 Å². The number of guanidine groups is 1. The molecule has 6 nitrogen and oxygen atoms in total. The third-order valence-electron chi connectivity index (χ3n) is 3.24. The molecule has 1 aromatic rings. The van der Waals surface area contributed by atoms with Gasteiger partial charge in [0.25, 0.3) is 0 Å². The van der Waals surface area contributed by atoms with Crippen molar-refractivity contribution < 1.29 is 4.74 Å². The summed E-state index contributed by atoms with van der Waals surface area (Å²) in [5.41, 5.74) is 6.68. The fraction of sp³-hybridized carbons (Fsp3) is 0.615. The van der Waals surface area contributed by atoms with Crippen LogP contribution in [0, 0.1) is 0 Å². The van der Waals surface area contributed by atoms with E-state index in [4.69, 9.17) is 10.5 Å². The van der Waals surface area contributed by atoms with Crippen LogP contribution in [0.2, 0.25) is 0 Å². The minimum absolute atomic E-state index is 0.353. The average Bonchev–Trinajstić information content (AvgIpc) is 2.46. The summed E-state index contributed by atoms with van der Waals surface area (Å²) in [5.74, 6) is 0.490. The molecule has 0 saturated heterocycles. The number of methoxy groups -OCH3 is 1. The number of nitrogens with one attached hydrogen (secondary N) is 1. The van der Waals surface area contributed by atoms with E-state index in [9.17, 15) is 0 Å². The van der Waals surface area contributed by atoms with Gasteiger partial charge in [0.2, 0.25) is 0 Å². The molecule has 0 aromatic carbocycles. The Kier molecular flexibility index (Phi) is 4.94. The Morgan fingerprint density at radius 1 is 1.47 bits per heavy atom. The van der Waals surface area contributed by atoms with Crippen LogP contribution in [-0.2, 0) is 6.54 Å². The maximum atomic E-state index is 5.89.